The zero-order valence-corrected chi connectivity index (χ0v) is 14.7. The number of benzene rings is 2. The van der Waals surface area contributed by atoms with E-state index >= 15 is 0 Å². The Kier molecular flexibility index (Phi) is 5.20. The third-order valence-corrected chi connectivity index (χ3v) is 4.11. The average molecular weight is 326 g/mol. The van der Waals surface area contributed by atoms with E-state index in [0.717, 1.165) is 45.9 Å². The zero-order valence-electron chi connectivity index (χ0n) is 14.7. The van der Waals surface area contributed by atoms with E-state index in [1.807, 2.05) is 67.6 Å². The maximum absolute atomic E-state index is 4.91. The Balaban J connectivity index is 2.29. The van der Waals surface area contributed by atoms with Crippen LogP contribution >= 0.6 is 0 Å². The molecule has 0 fully saturated rings. The van der Waals surface area contributed by atoms with Crippen molar-refractivity contribution in [3.05, 3.63) is 90.7 Å². The summed E-state index contributed by atoms with van der Waals surface area (Å²) in [4.78, 5) is 9.77. The summed E-state index contributed by atoms with van der Waals surface area (Å²) in [6.07, 6.45) is 4.85. The maximum Gasteiger partial charge on any atom is 0.160 e. The van der Waals surface area contributed by atoms with Crippen molar-refractivity contribution in [2.24, 2.45) is 0 Å². The molecule has 0 bridgehead atoms. The van der Waals surface area contributed by atoms with Gasteiger partial charge in [0.25, 0.3) is 0 Å². The van der Waals surface area contributed by atoms with Crippen LogP contribution in [0.3, 0.4) is 0 Å². The van der Waals surface area contributed by atoms with Gasteiger partial charge in [-0.05, 0) is 18.9 Å². The van der Waals surface area contributed by atoms with Crippen molar-refractivity contribution in [1.82, 2.24) is 9.97 Å². The number of nitrogens with zero attached hydrogens (tertiary/aromatic N) is 2. The average Bonchev–Trinajstić information content (AvgIpc) is 2.68. The second-order valence-corrected chi connectivity index (χ2v) is 5.83. The van der Waals surface area contributed by atoms with Gasteiger partial charge in [-0.15, -0.1) is 0 Å². The smallest absolute Gasteiger partial charge is 0.160 e. The lowest BCUT2D eigenvalue weighted by Crippen LogP contribution is -2.04. The lowest BCUT2D eigenvalue weighted by Gasteiger charge is -2.15. The molecule has 0 radical (unpaired) electrons. The van der Waals surface area contributed by atoms with Crippen LogP contribution in [0, 0.1) is 0 Å². The summed E-state index contributed by atoms with van der Waals surface area (Å²) in [6.45, 7) is 8.35. The molecule has 0 N–H and O–H groups in total. The Labute approximate surface area is 149 Å². The first kappa shape index (κ1) is 16.8. The van der Waals surface area contributed by atoms with Crippen molar-refractivity contribution in [3.63, 3.8) is 0 Å². The third kappa shape index (κ3) is 3.58. The molecule has 2 aromatic carbocycles. The first-order valence-corrected chi connectivity index (χ1v) is 8.58. The van der Waals surface area contributed by atoms with Crippen molar-refractivity contribution >= 4 is 5.57 Å². The Morgan fingerprint density at radius 1 is 0.920 bits per heavy atom. The molecule has 1 aromatic heterocycles. The van der Waals surface area contributed by atoms with Crippen LogP contribution in [0.1, 0.15) is 25.1 Å². The van der Waals surface area contributed by atoms with E-state index < -0.39 is 0 Å². The lowest BCUT2D eigenvalue weighted by atomic mass is 9.98. The van der Waals surface area contributed by atoms with Crippen LogP contribution in [0.15, 0.2) is 79.4 Å². The summed E-state index contributed by atoms with van der Waals surface area (Å²) in [5.74, 6) is 0.734. The first-order valence-electron chi connectivity index (χ1n) is 8.58. The first-order chi connectivity index (χ1) is 12.2. The highest BCUT2D eigenvalue weighted by Crippen LogP contribution is 2.30. The summed E-state index contributed by atoms with van der Waals surface area (Å²) in [6, 6.07) is 20.4. The molecule has 0 saturated heterocycles. The molecule has 1 heterocycles. The molecule has 0 atom stereocenters. The van der Waals surface area contributed by atoms with Gasteiger partial charge < -0.3 is 0 Å². The predicted molar refractivity (Wildman–Crippen MR) is 106 cm³/mol. The van der Waals surface area contributed by atoms with Gasteiger partial charge in [-0.2, -0.15) is 0 Å². The van der Waals surface area contributed by atoms with Crippen LogP contribution < -0.4 is 0 Å². The van der Waals surface area contributed by atoms with Crippen LogP contribution in [-0.2, 0) is 6.42 Å². The summed E-state index contributed by atoms with van der Waals surface area (Å²) in [5, 5.41) is 0. The SMILES string of the molecule is C=C(C=CC)c1nc(-c2ccccc2)nc(-c2ccccc2)c1CC. The number of rotatable bonds is 5. The zero-order chi connectivity index (χ0) is 17.6. The van der Waals surface area contributed by atoms with Gasteiger partial charge in [0.1, 0.15) is 0 Å². The van der Waals surface area contributed by atoms with Crippen molar-refractivity contribution in [2.45, 2.75) is 20.3 Å². The van der Waals surface area contributed by atoms with Crippen LogP contribution in [-0.4, -0.2) is 9.97 Å². The second-order valence-electron chi connectivity index (χ2n) is 5.83. The van der Waals surface area contributed by atoms with Gasteiger partial charge in [-0.25, -0.2) is 9.97 Å². The Hall–Kier alpha value is -3.00. The number of allylic oxidation sites excluding steroid dienone is 3. The van der Waals surface area contributed by atoms with Crippen LogP contribution in [0.4, 0.5) is 0 Å². The fourth-order valence-corrected chi connectivity index (χ4v) is 2.92. The van der Waals surface area contributed by atoms with Gasteiger partial charge in [0, 0.05) is 16.7 Å². The third-order valence-electron chi connectivity index (χ3n) is 4.11. The van der Waals surface area contributed by atoms with Gasteiger partial charge >= 0.3 is 0 Å². The predicted octanol–water partition coefficient (Wildman–Crippen LogP) is 5.96. The highest BCUT2D eigenvalue weighted by atomic mass is 14.9. The molecule has 0 aliphatic rings. The van der Waals surface area contributed by atoms with E-state index in [9.17, 15) is 0 Å². The molecule has 0 spiro atoms. The summed E-state index contributed by atoms with van der Waals surface area (Å²) < 4.78 is 0. The standard InChI is InChI=1S/C23H22N2/c1-4-12-17(3)21-20(5-2)22(18-13-8-6-9-14-18)25-23(24-21)19-15-10-7-11-16-19/h4,6-16H,3,5H2,1-2H3. The van der Waals surface area contributed by atoms with E-state index in [1.54, 1.807) is 0 Å². The molecule has 3 rings (SSSR count). The van der Waals surface area contributed by atoms with Crippen molar-refractivity contribution in [3.8, 4) is 22.6 Å². The maximum atomic E-state index is 4.91. The number of hydrogen-bond donors (Lipinski definition) is 0. The van der Waals surface area contributed by atoms with Crippen molar-refractivity contribution < 1.29 is 0 Å². The number of hydrogen-bond acceptors (Lipinski definition) is 2. The van der Waals surface area contributed by atoms with Gasteiger partial charge in [0.2, 0.25) is 0 Å². The number of aromatic nitrogens is 2. The molecule has 2 nitrogen and oxygen atoms in total. The van der Waals surface area contributed by atoms with Crippen molar-refractivity contribution in [1.29, 1.82) is 0 Å². The molecule has 124 valence electrons. The van der Waals surface area contributed by atoms with E-state index in [2.05, 4.69) is 25.6 Å². The molecule has 0 saturated carbocycles. The van der Waals surface area contributed by atoms with Crippen molar-refractivity contribution in [2.75, 3.05) is 0 Å². The second kappa shape index (κ2) is 7.71. The fraction of sp³-hybridized carbons (Fsp3) is 0.130. The van der Waals surface area contributed by atoms with E-state index in [-0.39, 0.29) is 0 Å². The summed E-state index contributed by atoms with van der Waals surface area (Å²) >= 11 is 0. The Bertz CT molecular complexity index is 894. The molecule has 25 heavy (non-hydrogen) atoms. The quantitative estimate of drug-likeness (QED) is 0.540. The fourth-order valence-electron chi connectivity index (χ4n) is 2.92. The van der Waals surface area contributed by atoms with E-state index in [4.69, 9.17) is 9.97 Å². The highest BCUT2D eigenvalue weighted by Gasteiger charge is 2.16. The Morgan fingerprint density at radius 2 is 1.52 bits per heavy atom. The monoisotopic (exact) mass is 326 g/mol. The van der Waals surface area contributed by atoms with E-state index in [1.165, 1.54) is 0 Å². The molecular formula is C23H22N2. The van der Waals surface area contributed by atoms with Gasteiger partial charge in [0.05, 0.1) is 11.4 Å². The van der Waals surface area contributed by atoms with Gasteiger partial charge in [0.15, 0.2) is 5.82 Å². The van der Waals surface area contributed by atoms with Gasteiger partial charge in [-0.3, -0.25) is 0 Å². The molecular weight excluding hydrogens is 304 g/mol. The lowest BCUT2D eigenvalue weighted by molar-refractivity contribution is 1.04. The highest BCUT2D eigenvalue weighted by molar-refractivity contribution is 5.78. The van der Waals surface area contributed by atoms with Gasteiger partial charge in [-0.1, -0.05) is 86.3 Å². The minimum atomic E-state index is 0.734. The summed E-state index contributed by atoms with van der Waals surface area (Å²) in [5.41, 5.74) is 6.07. The van der Waals surface area contributed by atoms with Crippen LogP contribution in [0.25, 0.3) is 28.2 Å². The molecule has 3 aromatic rings. The molecule has 0 aliphatic carbocycles. The van der Waals surface area contributed by atoms with E-state index in [0.29, 0.717) is 0 Å². The van der Waals surface area contributed by atoms with Crippen LogP contribution in [0.5, 0.6) is 0 Å². The molecule has 0 aliphatic heterocycles. The molecule has 0 amide bonds. The normalized spacial score (nSPS) is 11.0. The Morgan fingerprint density at radius 3 is 2.08 bits per heavy atom. The minimum Gasteiger partial charge on any atom is -0.228 e. The summed E-state index contributed by atoms with van der Waals surface area (Å²) in [7, 11) is 0. The minimum absolute atomic E-state index is 0.734. The van der Waals surface area contributed by atoms with Crippen LogP contribution in [0.2, 0.25) is 0 Å². The molecule has 2 heteroatoms. The molecule has 0 unspecified atom stereocenters. The topological polar surface area (TPSA) is 25.8 Å². The largest absolute Gasteiger partial charge is 0.228 e.